The molecule has 14 heteroatoms. The fourth-order valence-corrected chi connectivity index (χ4v) is 3.18. The lowest BCUT2D eigenvalue weighted by molar-refractivity contribution is -0.336. The zero-order valence-corrected chi connectivity index (χ0v) is 18.2. The number of hydrogen-bond donors (Lipinski definition) is 1. The molecule has 1 N–H and O–H groups in total. The molecule has 5 nitrogen and oxygen atoms in total. The number of carbonyl (C=O) groups is 1. The van der Waals surface area contributed by atoms with Gasteiger partial charge in [-0.15, -0.1) is 0 Å². The van der Waals surface area contributed by atoms with E-state index in [1.807, 2.05) is 0 Å². The van der Waals surface area contributed by atoms with E-state index in [0.717, 1.165) is 0 Å². The molecule has 0 aliphatic carbocycles. The van der Waals surface area contributed by atoms with Crippen LogP contribution in [0.15, 0.2) is 23.3 Å². The Labute approximate surface area is 187 Å². The summed E-state index contributed by atoms with van der Waals surface area (Å²) in [6.07, 6.45) is -8.06. The number of alkyl halides is 7. The van der Waals surface area contributed by atoms with E-state index in [-0.39, 0.29) is 20.8 Å². The second kappa shape index (κ2) is 8.21. The summed E-state index contributed by atoms with van der Waals surface area (Å²) in [5, 5.41) is 14.1. The Bertz CT molecular complexity index is 932. The molecule has 0 radical (unpaired) electrons. The predicted molar refractivity (Wildman–Crippen MR) is 101 cm³/mol. The lowest BCUT2D eigenvalue weighted by Gasteiger charge is -2.41. The highest BCUT2D eigenvalue weighted by Gasteiger charge is 2.76. The first kappa shape index (κ1) is 26.5. The number of hydrazone groups is 1. The number of hydrogen-bond acceptors (Lipinski definition) is 4. The van der Waals surface area contributed by atoms with E-state index in [1.54, 1.807) is 0 Å². The average Bonchev–Trinajstić information content (AvgIpc) is 2.99. The van der Waals surface area contributed by atoms with Crippen LogP contribution in [0.5, 0.6) is 5.75 Å². The Morgan fingerprint density at radius 2 is 1.72 bits per heavy atom. The van der Waals surface area contributed by atoms with Crippen LogP contribution in [0.25, 0.3) is 0 Å². The van der Waals surface area contributed by atoms with Gasteiger partial charge < -0.3 is 9.84 Å². The van der Waals surface area contributed by atoms with Crippen LogP contribution in [0.4, 0.5) is 30.7 Å². The van der Waals surface area contributed by atoms with Crippen LogP contribution >= 0.6 is 23.2 Å². The van der Waals surface area contributed by atoms with Crippen LogP contribution in [-0.2, 0) is 4.79 Å². The van der Waals surface area contributed by atoms with Crippen molar-refractivity contribution >= 4 is 34.8 Å². The molecular formula is C18H17Cl2F7N2O3. The topological polar surface area (TPSA) is 62.1 Å². The summed E-state index contributed by atoms with van der Waals surface area (Å²) in [5.41, 5.74) is -6.15. The van der Waals surface area contributed by atoms with Crippen molar-refractivity contribution in [1.82, 2.24) is 5.01 Å². The summed E-state index contributed by atoms with van der Waals surface area (Å²) in [6.45, 7) is 2.80. The molecule has 0 fully saturated rings. The van der Waals surface area contributed by atoms with E-state index in [2.05, 4.69) is 5.10 Å². The van der Waals surface area contributed by atoms with E-state index >= 15 is 0 Å². The van der Waals surface area contributed by atoms with Gasteiger partial charge in [0.2, 0.25) is 0 Å². The van der Waals surface area contributed by atoms with Gasteiger partial charge in [0, 0.05) is 16.9 Å². The highest BCUT2D eigenvalue weighted by molar-refractivity contribution is 6.35. The first-order valence-corrected chi connectivity index (χ1v) is 9.55. The molecule has 0 saturated heterocycles. The molecule has 1 aliphatic rings. The third-order valence-corrected chi connectivity index (χ3v) is 5.31. The second-order valence-corrected chi connectivity index (χ2v) is 8.85. The van der Waals surface area contributed by atoms with Gasteiger partial charge in [-0.2, -0.15) is 40.8 Å². The minimum absolute atomic E-state index is 0.0293. The zero-order chi connectivity index (χ0) is 24.9. The number of carbonyl (C=O) groups excluding carboxylic acids is 1. The maximum atomic E-state index is 14.2. The van der Waals surface area contributed by atoms with E-state index in [0.29, 0.717) is 0 Å². The molecular weight excluding hydrogens is 496 g/mol. The SMILES string of the molecule is CC(C)(C)[C@@]1(O)CC(C(F)(F)C(F)(F)C(F)(F)F)=NN1C(=O)COc1ccc(Cl)cc1Cl. The molecule has 0 aromatic heterocycles. The summed E-state index contributed by atoms with van der Waals surface area (Å²) in [6, 6.07) is 3.88. The molecule has 1 amide bonds. The Kier molecular flexibility index (Phi) is 6.79. The van der Waals surface area contributed by atoms with Gasteiger partial charge in [-0.05, 0) is 18.2 Å². The molecule has 32 heavy (non-hydrogen) atoms. The molecule has 1 aromatic rings. The van der Waals surface area contributed by atoms with Crippen molar-refractivity contribution in [2.24, 2.45) is 10.5 Å². The summed E-state index contributed by atoms with van der Waals surface area (Å²) >= 11 is 11.6. The van der Waals surface area contributed by atoms with Gasteiger partial charge in [-0.25, -0.2) is 0 Å². The Morgan fingerprint density at radius 3 is 2.19 bits per heavy atom. The number of halogens is 9. The molecule has 0 spiro atoms. The van der Waals surface area contributed by atoms with Crippen molar-refractivity contribution in [1.29, 1.82) is 0 Å². The van der Waals surface area contributed by atoms with Crippen molar-refractivity contribution in [3.05, 3.63) is 28.2 Å². The molecule has 1 heterocycles. The zero-order valence-electron chi connectivity index (χ0n) is 16.7. The molecule has 0 unspecified atom stereocenters. The monoisotopic (exact) mass is 512 g/mol. The summed E-state index contributed by atoms with van der Waals surface area (Å²) in [4.78, 5) is 12.6. The number of amides is 1. The normalized spacial score (nSPS) is 20.4. The summed E-state index contributed by atoms with van der Waals surface area (Å²) < 4.78 is 98.2. The van der Waals surface area contributed by atoms with Crippen molar-refractivity contribution in [3.8, 4) is 5.75 Å². The van der Waals surface area contributed by atoms with Gasteiger partial charge in [0.05, 0.1) is 5.02 Å². The van der Waals surface area contributed by atoms with Crippen molar-refractivity contribution in [3.63, 3.8) is 0 Å². The molecule has 1 aromatic carbocycles. The molecule has 180 valence electrons. The number of aliphatic hydroxyl groups is 1. The van der Waals surface area contributed by atoms with Crippen molar-refractivity contribution in [2.75, 3.05) is 6.61 Å². The maximum Gasteiger partial charge on any atom is 0.460 e. The third-order valence-electron chi connectivity index (χ3n) is 4.78. The fraction of sp³-hybridized carbons (Fsp3) is 0.556. The van der Waals surface area contributed by atoms with Gasteiger partial charge in [0.15, 0.2) is 12.3 Å². The van der Waals surface area contributed by atoms with Crippen LogP contribution in [0.2, 0.25) is 10.0 Å². The van der Waals surface area contributed by atoms with Crippen LogP contribution in [0.3, 0.4) is 0 Å². The van der Waals surface area contributed by atoms with Crippen LogP contribution in [-0.4, -0.2) is 52.1 Å². The Balaban J connectivity index is 2.40. The van der Waals surface area contributed by atoms with Gasteiger partial charge in [0.1, 0.15) is 11.5 Å². The standard InChI is InChI=1S/C18H17Cl2F7N2O3/c1-14(2,3)15(31)7-12(16(21,22)17(23,24)18(25,26)27)28-29(15)13(30)8-32-11-5-4-9(19)6-10(11)20/h4-6,31H,7-8H2,1-3H3/t15-/m0/s1. The molecule has 0 saturated carbocycles. The van der Waals surface area contributed by atoms with Crippen LogP contribution < -0.4 is 4.74 Å². The first-order chi connectivity index (χ1) is 14.3. The van der Waals surface area contributed by atoms with Gasteiger partial charge in [-0.3, -0.25) is 4.79 Å². The van der Waals surface area contributed by atoms with Gasteiger partial charge >= 0.3 is 18.0 Å². The largest absolute Gasteiger partial charge is 0.482 e. The highest BCUT2D eigenvalue weighted by Crippen LogP contribution is 2.51. The number of rotatable bonds is 5. The quantitative estimate of drug-likeness (QED) is 0.527. The van der Waals surface area contributed by atoms with Gasteiger partial charge in [-0.1, -0.05) is 44.0 Å². The van der Waals surface area contributed by atoms with Gasteiger partial charge in [0.25, 0.3) is 5.91 Å². The molecule has 1 atom stereocenters. The minimum Gasteiger partial charge on any atom is -0.482 e. The number of benzene rings is 1. The van der Waals surface area contributed by atoms with E-state index < -0.39 is 53.8 Å². The highest BCUT2D eigenvalue weighted by atomic mass is 35.5. The Morgan fingerprint density at radius 1 is 1.16 bits per heavy atom. The minimum atomic E-state index is -6.61. The van der Waals surface area contributed by atoms with Crippen molar-refractivity contribution < 1.29 is 45.4 Å². The maximum absolute atomic E-state index is 14.2. The molecule has 0 bridgehead atoms. The second-order valence-electron chi connectivity index (χ2n) is 8.01. The Hall–Kier alpha value is -1.79. The number of nitrogens with zero attached hydrogens (tertiary/aromatic N) is 2. The summed E-state index contributed by atoms with van der Waals surface area (Å²) in [5.74, 6) is -13.7. The smallest absolute Gasteiger partial charge is 0.460 e. The van der Waals surface area contributed by atoms with E-state index in [4.69, 9.17) is 27.9 Å². The van der Waals surface area contributed by atoms with Crippen LogP contribution in [0, 0.1) is 5.41 Å². The lowest BCUT2D eigenvalue weighted by atomic mass is 9.79. The third kappa shape index (κ3) is 4.49. The molecule has 1 aliphatic heterocycles. The summed E-state index contributed by atoms with van der Waals surface area (Å²) in [7, 11) is 0. The lowest BCUT2D eigenvalue weighted by Crippen LogP contribution is -2.58. The fourth-order valence-electron chi connectivity index (χ4n) is 2.72. The van der Waals surface area contributed by atoms with E-state index in [9.17, 15) is 40.6 Å². The molecule has 2 rings (SSSR count). The predicted octanol–water partition coefficient (Wildman–Crippen LogP) is 5.53. The van der Waals surface area contributed by atoms with Crippen molar-refractivity contribution in [2.45, 2.75) is 50.9 Å². The number of ether oxygens (including phenoxy) is 1. The first-order valence-electron chi connectivity index (χ1n) is 8.79. The van der Waals surface area contributed by atoms with Crippen LogP contribution in [0.1, 0.15) is 27.2 Å². The average molecular weight is 513 g/mol. The van der Waals surface area contributed by atoms with E-state index in [1.165, 1.54) is 39.0 Å².